The molecule has 0 saturated heterocycles. The second-order valence-corrected chi connectivity index (χ2v) is 8.43. The van der Waals surface area contributed by atoms with Gasteiger partial charge in [0.1, 0.15) is 11.5 Å². The summed E-state index contributed by atoms with van der Waals surface area (Å²) in [6.07, 6.45) is 9.31. The van der Waals surface area contributed by atoms with Gasteiger partial charge in [0, 0.05) is 48.5 Å². The zero-order valence-corrected chi connectivity index (χ0v) is 19.0. The van der Waals surface area contributed by atoms with Crippen molar-refractivity contribution in [3.63, 3.8) is 0 Å². The van der Waals surface area contributed by atoms with E-state index in [0.717, 1.165) is 44.5 Å². The molecule has 8 heteroatoms. The lowest BCUT2D eigenvalue weighted by Gasteiger charge is -2.09. The van der Waals surface area contributed by atoms with Crippen LogP contribution < -0.4 is 5.32 Å². The van der Waals surface area contributed by atoms with Crippen molar-refractivity contribution in [3.8, 4) is 22.4 Å². The van der Waals surface area contributed by atoms with Crippen molar-refractivity contribution in [3.05, 3.63) is 72.4 Å². The van der Waals surface area contributed by atoms with E-state index in [1.54, 1.807) is 6.20 Å². The van der Waals surface area contributed by atoms with E-state index in [-0.39, 0.29) is 0 Å². The molecule has 0 saturated carbocycles. The highest BCUT2D eigenvalue weighted by Gasteiger charge is 2.14. The topological polar surface area (TPSA) is 94.3 Å². The second kappa shape index (κ2) is 8.38. The maximum Gasteiger partial charge on any atom is 0.154 e. The maximum absolute atomic E-state index is 4.77. The number of hydrogen-bond donors (Lipinski definition) is 1. The Labute approximate surface area is 191 Å². The van der Waals surface area contributed by atoms with E-state index >= 15 is 0 Å². The van der Waals surface area contributed by atoms with Crippen LogP contribution in [0, 0.1) is 6.92 Å². The van der Waals surface area contributed by atoms with Gasteiger partial charge in [0.15, 0.2) is 5.82 Å². The van der Waals surface area contributed by atoms with Gasteiger partial charge >= 0.3 is 0 Å². The van der Waals surface area contributed by atoms with E-state index in [9.17, 15) is 0 Å². The zero-order chi connectivity index (χ0) is 22.9. The fourth-order valence-electron chi connectivity index (χ4n) is 3.71. The van der Waals surface area contributed by atoms with E-state index in [1.807, 2.05) is 67.7 Å². The summed E-state index contributed by atoms with van der Waals surface area (Å²) < 4.78 is 1.81. The largest absolute Gasteiger partial charge is 0.323 e. The van der Waals surface area contributed by atoms with Crippen LogP contribution in [0.5, 0.6) is 0 Å². The fourth-order valence-corrected chi connectivity index (χ4v) is 3.71. The number of hydrogen-bond acceptors (Lipinski definition) is 7. The van der Waals surface area contributed by atoms with Crippen molar-refractivity contribution in [2.75, 3.05) is 5.32 Å². The van der Waals surface area contributed by atoms with Crippen LogP contribution in [0.25, 0.3) is 33.4 Å². The number of aryl methyl sites for hydroxylation is 2. The van der Waals surface area contributed by atoms with Gasteiger partial charge in [-0.2, -0.15) is 10.2 Å². The molecule has 1 N–H and O–H groups in total. The van der Waals surface area contributed by atoms with E-state index in [0.29, 0.717) is 17.6 Å². The van der Waals surface area contributed by atoms with Crippen LogP contribution in [0.2, 0.25) is 0 Å². The van der Waals surface area contributed by atoms with Gasteiger partial charge in [-0.15, -0.1) is 5.10 Å². The smallest absolute Gasteiger partial charge is 0.154 e. The number of fused-ring (bicyclic) bond motifs is 1. The molecular weight excluding hydrogens is 412 g/mol. The van der Waals surface area contributed by atoms with Gasteiger partial charge in [0.05, 0.1) is 17.2 Å². The molecule has 5 aromatic heterocycles. The van der Waals surface area contributed by atoms with Crippen LogP contribution in [0.3, 0.4) is 0 Å². The molecule has 164 valence electrons. The Balaban J connectivity index is 1.52. The average molecular weight is 437 g/mol. The van der Waals surface area contributed by atoms with Gasteiger partial charge in [-0.05, 0) is 54.3 Å². The van der Waals surface area contributed by atoms with Gasteiger partial charge in [0.25, 0.3) is 0 Å². The first-order valence-corrected chi connectivity index (χ1v) is 10.8. The predicted molar refractivity (Wildman–Crippen MR) is 129 cm³/mol. The highest BCUT2D eigenvalue weighted by Crippen LogP contribution is 2.32. The van der Waals surface area contributed by atoms with E-state index in [2.05, 4.69) is 50.5 Å². The average Bonchev–Trinajstić information content (AvgIpc) is 3.20. The fraction of sp³-hybridized carbons (Fsp3) is 0.200. The summed E-state index contributed by atoms with van der Waals surface area (Å²) in [5.41, 5.74) is 7.56. The highest BCUT2D eigenvalue weighted by atomic mass is 15.3. The standard InChI is InChI=1S/C25H24N8/c1-15(2)17-9-24(31-28-13-17)30-23-6-5-21-22(29-23)8-18(12-27-21)20-14-33(4)32-25(20)19-7-16(3)10-26-11-19/h5-15H,1-4H3,(H,29,30,31). The van der Waals surface area contributed by atoms with Crippen molar-refractivity contribution < 1.29 is 0 Å². The quantitative estimate of drug-likeness (QED) is 0.411. The van der Waals surface area contributed by atoms with Crippen molar-refractivity contribution in [1.82, 2.24) is 34.9 Å². The predicted octanol–water partition coefficient (Wildman–Crippen LogP) is 5.06. The van der Waals surface area contributed by atoms with Crippen LogP contribution in [-0.4, -0.2) is 34.9 Å². The Morgan fingerprint density at radius 1 is 0.909 bits per heavy atom. The minimum absolute atomic E-state index is 0.370. The van der Waals surface area contributed by atoms with Crippen LogP contribution in [0.15, 0.2) is 61.3 Å². The molecule has 0 aromatic carbocycles. The molecule has 0 unspecified atom stereocenters. The third-order valence-corrected chi connectivity index (χ3v) is 5.42. The molecule has 0 aliphatic rings. The lowest BCUT2D eigenvalue weighted by molar-refractivity contribution is 0.771. The first-order chi connectivity index (χ1) is 16.0. The lowest BCUT2D eigenvalue weighted by Crippen LogP contribution is -2.00. The van der Waals surface area contributed by atoms with Gasteiger partial charge in [-0.1, -0.05) is 13.8 Å². The number of pyridine rings is 3. The van der Waals surface area contributed by atoms with E-state index in [4.69, 9.17) is 4.98 Å². The maximum atomic E-state index is 4.77. The Morgan fingerprint density at radius 2 is 1.79 bits per heavy atom. The number of nitrogens with one attached hydrogen (secondary N) is 1. The van der Waals surface area contributed by atoms with Crippen LogP contribution in [-0.2, 0) is 7.05 Å². The molecule has 8 nitrogen and oxygen atoms in total. The third-order valence-electron chi connectivity index (χ3n) is 5.42. The molecule has 0 bridgehead atoms. The van der Waals surface area contributed by atoms with Crippen LogP contribution in [0.1, 0.15) is 30.9 Å². The number of nitrogens with zero attached hydrogens (tertiary/aromatic N) is 7. The van der Waals surface area contributed by atoms with Gasteiger partial charge in [-0.3, -0.25) is 14.6 Å². The summed E-state index contributed by atoms with van der Waals surface area (Å²) in [6.45, 7) is 6.28. The summed E-state index contributed by atoms with van der Waals surface area (Å²) in [7, 11) is 1.91. The first kappa shape index (κ1) is 20.7. The summed E-state index contributed by atoms with van der Waals surface area (Å²) in [4.78, 5) is 13.7. The molecule has 0 aliphatic heterocycles. The SMILES string of the molecule is Cc1cncc(-c2nn(C)cc2-c2cnc3ccc(Nc4cc(C(C)C)cnn4)nc3c2)c1. The molecule has 0 amide bonds. The molecule has 0 radical (unpaired) electrons. The minimum atomic E-state index is 0.370. The van der Waals surface area contributed by atoms with Gasteiger partial charge in [-0.25, -0.2) is 4.98 Å². The third kappa shape index (κ3) is 4.27. The second-order valence-electron chi connectivity index (χ2n) is 8.43. The Bertz CT molecular complexity index is 1450. The summed E-state index contributed by atoms with van der Waals surface area (Å²) in [5, 5.41) is 16.2. The molecular formula is C25H24N8. The van der Waals surface area contributed by atoms with Crippen molar-refractivity contribution in [1.29, 1.82) is 0 Å². The molecule has 33 heavy (non-hydrogen) atoms. The molecule has 5 heterocycles. The van der Waals surface area contributed by atoms with E-state index in [1.165, 1.54) is 0 Å². The van der Waals surface area contributed by atoms with Crippen LogP contribution in [0.4, 0.5) is 11.6 Å². The normalized spacial score (nSPS) is 11.3. The van der Waals surface area contributed by atoms with Gasteiger partial charge < -0.3 is 5.32 Å². The lowest BCUT2D eigenvalue weighted by atomic mass is 10.0. The molecule has 0 atom stereocenters. The monoisotopic (exact) mass is 436 g/mol. The number of aromatic nitrogens is 7. The van der Waals surface area contributed by atoms with Crippen molar-refractivity contribution in [2.45, 2.75) is 26.7 Å². The van der Waals surface area contributed by atoms with Crippen molar-refractivity contribution >= 4 is 22.7 Å². The zero-order valence-electron chi connectivity index (χ0n) is 19.0. The minimum Gasteiger partial charge on any atom is -0.323 e. The van der Waals surface area contributed by atoms with Crippen molar-refractivity contribution in [2.24, 2.45) is 7.05 Å². The molecule has 5 aromatic rings. The van der Waals surface area contributed by atoms with E-state index < -0.39 is 0 Å². The summed E-state index contributed by atoms with van der Waals surface area (Å²) in [6, 6.07) is 9.96. The number of rotatable bonds is 5. The van der Waals surface area contributed by atoms with Gasteiger partial charge in [0.2, 0.25) is 0 Å². The number of anilines is 2. The summed E-state index contributed by atoms with van der Waals surface area (Å²) in [5.74, 6) is 1.72. The van der Waals surface area contributed by atoms with Crippen LogP contribution >= 0.6 is 0 Å². The molecule has 5 rings (SSSR count). The molecule has 0 spiro atoms. The summed E-state index contributed by atoms with van der Waals surface area (Å²) >= 11 is 0. The molecule has 0 aliphatic carbocycles. The Kier molecular flexibility index (Phi) is 5.26. The highest BCUT2D eigenvalue weighted by molar-refractivity contribution is 5.86. The first-order valence-electron chi connectivity index (χ1n) is 10.8. The Hall–Kier alpha value is -4.20. The Morgan fingerprint density at radius 3 is 2.61 bits per heavy atom. The molecule has 0 fully saturated rings.